The summed E-state index contributed by atoms with van der Waals surface area (Å²) in [5, 5.41) is 14.2. The van der Waals surface area contributed by atoms with Gasteiger partial charge in [-0.25, -0.2) is 0 Å². The molecule has 22 heavy (non-hydrogen) atoms. The van der Waals surface area contributed by atoms with E-state index in [-0.39, 0.29) is 36.1 Å². The Morgan fingerprint density at radius 3 is 2.50 bits per heavy atom. The summed E-state index contributed by atoms with van der Waals surface area (Å²) in [4.78, 5) is 30.8. The van der Waals surface area contributed by atoms with Gasteiger partial charge in [-0.15, -0.1) is 0 Å². The summed E-state index contributed by atoms with van der Waals surface area (Å²) in [6.07, 6.45) is 3.45. The number of oxime groups is 1. The number of aliphatic hydroxyl groups excluding tert-OH is 1. The number of carbonyl (C=O) groups is 2. The van der Waals surface area contributed by atoms with Crippen molar-refractivity contribution in [3.63, 3.8) is 0 Å². The highest BCUT2D eigenvalue weighted by Gasteiger charge is 2.31. The minimum atomic E-state index is -0.277. The van der Waals surface area contributed by atoms with Crippen molar-refractivity contribution in [1.82, 2.24) is 4.90 Å². The van der Waals surface area contributed by atoms with Gasteiger partial charge in [0, 0.05) is 6.42 Å². The first-order valence-corrected chi connectivity index (χ1v) is 7.97. The average Bonchev–Trinajstić information content (AvgIpc) is 2.49. The fourth-order valence-electron chi connectivity index (χ4n) is 2.31. The molecule has 6 heteroatoms. The lowest BCUT2D eigenvalue weighted by molar-refractivity contribution is -0.135. The van der Waals surface area contributed by atoms with Crippen LogP contribution in [-0.2, 0) is 14.4 Å². The van der Waals surface area contributed by atoms with Crippen molar-refractivity contribution in [2.24, 2.45) is 5.16 Å². The molecule has 6 nitrogen and oxygen atoms in total. The van der Waals surface area contributed by atoms with Crippen molar-refractivity contribution in [2.45, 2.75) is 52.9 Å². The van der Waals surface area contributed by atoms with Gasteiger partial charge in [-0.1, -0.05) is 31.8 Å². The van der Waals surface area contributed by atoms with E-state index in [0.29, 0.717) is 25.2 Å². The van der Waals surface area contributed by atoms with Gasteiger partial charge in [0.15, 0.2) is 5.78 Å². The molecule has 1 aliphatic heterocycles. The summed E-state index contributed by atoms with van der Waals surface area (Å²) < 4.78 is 0. The van der Waals surface area contributed by atoms with E-state index in [1.807, 2.05) is 13.8 Å². The van der Waals surface area contributed by atoms with E-state index in [1.165, 1.54) is 4.90 Å². The Morgan fingerprint density at radius 2 is 1.95 bits per heavy atom. The maximum Gasteiger partial charge on any atom is 0.223 e. The van der Waals surface area contributed by atoms with Crippen molar-refractivity contribution in [1.29, 1.82) is 0 Å². The lowest BCUT2D eigenvalue weighted by atomic mass is 9.97. The second kappa shape index (κ2) is 9.23. The quantitative estimate of drug-likeness (QED) is 0.552. The standard InChI is InChI=1S/C16H26N2O4/c1-4-7-9-15(21)18-10-13(19)16(14(20)11-18)12(8-5-2)17-22-6-3/h19H,4-11H2,1-3H3. The number of hydrogen-bond donors (Lipinski definition) is 1. The van der Waals surface area contributed by atoms with Gasteiger partial charge in [-0.3, -0.25) is 9.59 Å². The van der Waals surface area contributed by atoms with Crippen LogP contribution in [0.15, 0.2) is 16.5 Å². The fraction of sp³-hybridized carbons (Fsp3) is 0.688. The first-order valence-electron chi connectivity index (χ1n) is 7.97. The second-order valence-electron chi connectivity index (χ2n) is 5.30. The van der Waals surface area contributed by atoms with Gasteiger partial charge in [0.1, 0.15) is 12.4 Å². The summed E-state index contributed by atoms with van der Waals surface area (Å²) >= 11 is 0. The van der Waals surface area contributed by atoms with Crippen LogP contribution in [0, 0.1) is 0 Å². The van der Waals surface area contributed by atoms with Gasteiger partial charge in [-0.2, -0.15) is 0 Å². The van der Waals surface area contributed by atoms with E-state index in [9.17, 15) is 14.7 Å². The smallest absolute Gasteiger partial charge is 0.223 e. The van der Waals surface area contributed by atoms with E-state index in [2.05, 4.69) is 5.16 Å². The lowest BCUT2D eigenvalue weighted by Gasteiger charge is -2.27. The van der Waals surface area contributed by atoms with E-state index in [4.69, 9.17) is 4.84 Å². The Morgan fingerprint density at radius 1 is 1.23 bits per heavy atom. The zero-order valence-electron chi connectivity index (χ0n) is 13.7. The Bertz CT molecular complexity index is 469. The SMILES string of the molecule is CCCCC(=O)N1CC(=O)C(C(CCC)=NOCC)=C(O)C1. The third-order valence-corrected chi connectivity index (χ3v) is 3.42. The molecule has 0 atom stereocenters. The highest BCUT2D eigenvalue weighted by atomic mass is 16.6. The van der Waals surface area contributed by atoms with Gasteiger partial charge in [0.25, 0.3) is 0 Å². The molecule has 1 amide bonds. The van der Waals surface area contributed by atoms with Crippen molar-refractivity contribution < 1.29 is 19.5 Å². The molecule has 0 saturated heterocycles. The number of amides is 1. The Hall–Kier alpha value is -1.85. The van der Waals surface area contributed by atoms with Crippen LogP contribution >= 0.6 is 0 Å². The molecule has 0 aromatic rings. The molecule has 1 rings (SSSR count). The zero-order valence-corrected chi connectivity index (χ0v) is 13.7. The molecule has 1 aliphatic rings. The molecular weight excluding hydrogens is 284 g/mol. The molecule has 0 spiro atoms. The van der Waals surface area contributed by atoms with Crippen molar-refractivity contribution in [2.75, 3.05) is 19.7 Å². The zero-order chi connectivity index (χ0) is 16.5. The van der Waals surface area contributed by atoms with Crippen LogP contribution in [0.5, 0.6) is 0 Å². The summed E-state index contributed by atoms with van der Waals surface area (Å²) in [5.41, 5.74) is 0.683. The van der Waals surface area contributed by atoms with Gasteiger partial charge in [0.05, 0.1) is 24.4 Å². The number of Topliss-reactive ketones (excluding diaryl/α,β-unsaturated/α-hetero) is 1. The lowest BCUT2D eigenvalue weighted by Crippen LogP contribution is -2.43. The molecule has 0 aromatic carbocycles. The molecule has 0 saturated carbocycles. The second-order valence-corrected chi connectivity index (χ2v) is 5.30. The first-order chi connectivity index (χ1) is 10.5. The minimum Gasteiger partial charge on any atom is -0.510 e. The number of aliphatic hydroxyl groups is 1. The fourth-order valence-corrected chi connectivity index (χ4v) is 2.31. The summed E-state index contributed by atoms with van der Waals surface area (Å²) in [7, 11) is 0. The topological polar surface area (TPSA) is 79.2 Å². The molecule has 0 fully saturated rings. The maximum absolute atomic E-state index is 12.3. The molecule has 1 heterocycles. The number of ketones is 1. The molecule has 0 unspecified atom stereocenters. The van der Waals surface area contributed by atoms with E-state index >= 15 is 0 Å². The van der Waals surface area contributed by atoms with Crippen LogP contribution in [0.1, 0.15) is 52.9 Å². The first kappa shape index (κ1) is 18.2. The van der Waals surface area contributed by atoms with Crippen LogP contribution in [0.2, 0.25) is 0 Å². The van der Waals surface area contributed by atoms with E-state index < -0.39 is 0 Å². The van der Waals surface area contributed by atoms with E-state index in [1.54, 1.807) is 6.92 Å². The van der Waals surface area contributed by atoms with Crippen molar-refractivity contribution >= 4 is 17.4 Å². The number of unbranched alkanes of at least 4 members (excludes halogenated alkanes) is 1. The molecule has 1 N–H and O–H groups in total. The summed E-state index contributed by atoms with van der Waals surface area (Å²) in [6, 6.07) is 0. The predicted octanol–water partition coefficient (Wildman–Crippen LogP) is 2.59. The van der Waals surface area contributed by atoms with Gasteiger partial charge < -0.3 is 14.8 Å². The predicted molar refractivity (Wildman–Crippen MR) is 84.7 cm³/mol. The van der Waals surface area contributed by atoms with Crippen LogP contribution in [-0.4, -0.2) is 47.1 Å². The summed E-state index contributed by atoms with van der Waals surface area (Å²) in [6.45, 7) is 6.24. The number of rotatable bonds is 8. The van der Waals surface area contributed by atoms with Crippen LogP contribution in [0.3, 0.4) is 0 Å². The van der Waals surface area contributed by atoms with Gasteiger partial charge in [0.2, 0.25) is 5.91 Å². The number of nitrogens with zero attached hydrogens (tertiary/aromatic N) is 2. The molecule has 0 bridgehead atoms. The van der Waals surface area contributed by atoms with Crippen LogP contribution in [0.25, 0.3) is 0 Å². The molecule has 0 aliphatic carbocycles. The molecular formula is C16H26N2O4. The number of hydrogen-bond acceptors (Lipinski definition) is 5. The molecule has 0 radical (unpaired) electrons. The highest BCUT2D eigenvalue weighted by molar-refractivity contribution is 6.24. The van der Waals surface area contributed by atoms with Gasteiger partial charge in [-0.05, 0) is 19.8 Å². The Labute approximate surface area is 131 Å². The van der Waals surface area contributed by atoms with Crippen LogP contribution < -0.4 is 0 Å². The van der Waals surface area contributed by atoms with Crippen molar-refractivity contribution in [3.05, 3.63) is 11.3 Å². The van der Waals surface area contributed by atoms with E-state index in [0.717, 1.165) is 19.3 Å². The van der Waals surface area contributed by atoms with Gasteiger partial charge >= 0.3 is 0 Å². The molecule has 0 aromatic heterocycles. The van der Waals surface area contributed by atoms with Crippen LogP contribution in [0.4, 0.5) is 0 Å². The van der Waals surface area contributed by atoms with Crippen molar-refractivity contribution in [3.8, 4) is 0 Å². The largest absolute Gasteiger partial charge is 0.510 e. The average molecular weight is 310 g/mol. The normalized spacial score (nSPS) is 16.2. The molecule has 124 valence electrons. The Kier molecular flexibility index (Phi) is 7.63. The monoisotopic (exact) mass is 310 g/mol. The minimum absolute atomic E-state index is 0.00317. The Balaban J connectivity index is 2.92. The third-order valence-electron chi connectivity index (χ3n) is 3.42. The number of carbonyl (C=O) groups excluding carboxylic acids is 2. The summed E-state index contributed by atoms with van der Waals surface area (Å²) in [5.74, 6) is -0.465. The highest BCUT2D eigenvalue weighted by Crippen LogP contribution is 2.19. The third kappa shape index (κ3) is 4.86. The maximum atomic E-state index is 12.3.